The second-order valence-electron chi connectivity index (χ2n) is 5.32. The number of nitrogens with two attached hydrogens (primary N) is 1. The van der Waals surface area contributed by atoms with Crippen molar-refractivity contribution in [3.05, 3.63) is 22.7 Å². The molecule has 2 atom stereocenters. The molecule has 2 rings (SSSR count). The van der Waals surface area contributed by atoms with E-state index in [0.717, 1.165) is 24.8 Å². The SMILES string of the molecule is COc1cc(Cl)c(C)cc1NC(=O)[C@@H]1CCC[C@@H]1CN. The van der Waals surface area contributed by atoms with Gasteiger partial charge in [-0.25, -0.2) is 0 Å². The molecule has 0 spiro atoms. The zero-order valence-electron chi connectivity index (χ0n) is 11.9. The minimum atomic E-state index is 0.000639. The number of rotatable bonds is 4. The first-order chi connectivity index (χ1) is 9.56. The van der Waals surface area contributed by atoms with Crippen LogP contribution in [0.3, 0.4) is 0 Å². The predicted molar refractivity (Wildman–Crippen MR) is 81.3 cm³/mol. The van der Waals surface area contributed by atoms with E-state index in [1.54, 1.807) is 13.2 Å². The summed E-state index contributed by atoms with van der Waals surface area (Å²) in [4.78, 5) is 12.4. The first kappa shape index (κ1) is 15.1. The maximum atomic E-state index is 12.4. The molecule has 1 fully saturated rings. The molecule has 0 unspecified atom stereocenters. The Kier molecular flexibility index (Phi) is 4.89. The third-order valence-electron chi connectivity index (χ3n) is 4.04. The molecular formula is C15H21ClN2O2. The topological polar surface area (TPSA) is 64.3 Å². The highest BCUT2D eigenvalue weighted by atomic mass is 35.5. The number of hydrogen-bond acceptors (Lipinski definition) is 3. The first-order valence-electron chi connectivity index (χ1n) is 6.92. The molecule has 110 valence electrons. The van der Waals surface area contributed by atoms with Crippen LogP contribution in [0.2, 0.25) is 5.02 Å². The van der Waals surface area contributed by atoms with Crippen molar-refractivity contribution in [2.45, 2.75) is 26.2 Å². The first-order valence-corrected chi connectivity index (χ1v) is 7.29. The fraction of sp³-hybridized carbons (Fsp3) is 0.533. The van der Waals surface area contributed by atoms with E-state index in [-0.39, 0.29) is 17.7 Å². The van der Waals surface area contributed by atoms with Crippen LogP contribution in [-0.4, -0.2) is 19.6 Å². The Morgan fingerprint density at radius 2 is 2.25 bits per heavy atom. The van der Waals surface area contributed by atoms with Crippen molar-refractivity contribution in [1.29, 1.82) is 0 Å². The Morgan fingerprint density at radius 1 is 1.50 bits per heavy atom. The number of amides is 1. The number of halogens is 1. The number of carbonyl (C=O) groups is 1. The van der Waals surface area contributed by atoms with Gasteiger partial charge in [0.15, 0.2) is 0 Å². The summed E-state index contributed by atoms with van der Waals surface area (Å²) in [6.45, 7) is 2.46. The number of nitrogens with one attached hydrogen (secondary N) is 1. The fourth-order valence-electron chi connectivity index (χ4n) is 2.82. The number of methoxy groups -OCH3 is 1. The minimum Gasteiger partial charge on any atom is -0.495 e. The van der Waals surface area contributed by atoms with Gasteiger partial charge in [0.05, 0.1) is 12.8 Å². The highest BCUT2D eigenvalue weighted by molar-refractivity contribution is 6.31. The number of aryl methyl sites for hydroxylation is 1. The van der Waals surface area contributed by atoms with E-state index in [1.165, 1.54) is 0 Å². The number of carbonyl (C=O) groups excluding carboxylic acids is 1. The van der Waals surface area contributed by atoms with Gasteiger partial charge in [0, 0.05) is 17.0 Å². The van der Waals surface area contributed by atoms with Gasteiger partial charge in [0.1, 0.15) is 5.75 Å². The summed E-state index contributed by atoms with van der Waals surface area (Å²) in [5, 5.41) is 3.58. The van der Waals surface area contributed by atoms with Crippen LogP contribution < -0.4 is 15.8 Å². The zero-order valence-corrected chi connectivity index (χ0v) is 12.7. The number of ether oxygens (including phenoxy) is 1. The zero-order chi connectivity index (χ0) is 14.7. The highest BCUT2D eigenvalue weighted by Crippen LogP contribution is 2.35. The van der Waals surface area contributed by atoms with Gasteiger partial charge in [0.2, 0.25) is 5.91 Å². The normalized spacial score (nSPS) is 21.8. The maximum Gasteiger partial charge on any atom is 0.227 e. The minimum absolute atomic E-state index is 0.000639. The van der Waals surface area contributed by atoms with Gasteiger partial charge in [-0.15, -0.1) is 0 Å². The monoisotopic (exact) mass is 296 g/mol. The van der Waals surface area contributed by atoms with Crippen LogP contribution >= 0.6 is 11.6 Å². The molecule has 4 nitrogen and oxygen atoms in total. The molecule has 1 aromatic carbocycles. The van der Waals surface area contributed by atoms with Gasteiger partial charge < -0.3 is 15.8 Å². The average Bonchev–Trinajstić information content (AvgIpc) is 2.91. The Balaban J connectivity index is 2.17. The summed E-state index contributed by atoms with van der Waals surface area (Å²) in [5.41, 5.74) is 7.31. The Bertz CT molecular complexity index is 505. The third-order valence-corrected chi connectivity index (χ3v) is 4.44. The van der Waals surface area contributed by atoms with E-state index in [9.17, 15) is 4.79 Å². The molecule has 1 aliphatic carbocycles. The fourth-order valence-corrected chi connectivity index (χ4v) is 2.97. The number of hydrogen-bond donors (Lipinski definition) is 2. The molecule has 0 aromatic heterocycles. The van der Waals surface area contributed by atoms with Crippen LogP contribution in [0, 0.1) is 18.8 Å². The van der Waals surface area contributed by atoms with Crippen LogP contribution in [0.5, 0.6) is 5.75 Å². The van der Waals surface area contributed by atoms with E-state index in [0.29, 0.717) is 23.0 Å². The molecule has 0 heterocycles. The lowest BCUT2D eigenvalue weighted by atomic mass is 9.95. The Morgan fingerprint density at radius 3 is 2.90 bits per heavy atom. The van der Waals surface area contributed by atoms with Gasteiger partial charge in [-0.1, -0.05) is 18.0 Å². The third kappa shape index (κ3) is 3.07. The molecule has 0 saturated heterocycles. The molecule has 1 aliphatic rings. The van der Waals surface area contributed by atoms with Crippen LogP contribution in [-0.2, 0) is 4.79 Å². The van der Waals surface area contributed by atoms with E-state index in [2.05, 4.69) is 5.32 Å². The van der Waals surface area contributed by atoms with Crippen LogP contribution in [0.4, 0.5) is 5.69 Å². The standard InChI is InChI=1S/C15H21ClN2O2/c1-9-6-13(14(20-2)7-12(9)16)18-15(19)11-5-3-4-10(11)8-17/h6-7,10-11H,3-5,8,17H2,1-2H3,(H,18,19)/t10-,11-/m1/s1. The summed E-state index contributed by atoms with van der Waals surface area (Å²) in [6, 6.07) is 3.56. The van der Waals surface area contributed by atoms with Gasteiger partial charge >= 0.3 is 0 Å². The molecule has 3 N–H and O–H groups in total. The van der Waals surface area contributed by atoms with E-state index in [1.807, 2.05) is 13.0 Å². The number of benzene rings is 1. The smallest absolute Gasteiger partial charge is 0.227 e. The molecule has 5 heteroatoms. The Labute approximate surface area is 124 Å². The summed E-state index contributed by atoms with van der Waals surface area (Å²) < 4.78 is 5.27. The predicted octanol–water partition coefficient (Wildman–Crippen LogP) is 2.97. The van der Waals surface area contributed by atoms with Gasteiger partial charge in [-0.2, -0.15) is 0 Å². The van der Waals surface area contributed by atoms with Crippen molar-refractivity contribution in [1.82, 2.24) is 0 Å². The molecular weight excluding hydrogens is 276 g/mol. The van der Waals surface area contributed by atoms with Crippen molar-refractivity contribution in [2.24, 2.45) is 17.6 Å². The molecule has 20 heavy (non-hydrogen) atoms. The molecule has 1 aromatic rings. The van der Waals surface area contributed by atoms with Crippen molar-refractivity contribution < 1.29 is 9.53 Å². The summed E-state index contributed by atoms with van der Waals surface area (Å²) in [6.07, 6.45) is 3.00. The highest BCUT2D eigenvalue weighted by Gasteiger charge is 2.32. The lowest BCUT2D eigenvalue weighted by Gasteiger charge is -2.19. The van der Waals surface area contributed by atoms with E-state index >= 15 is 0 Å². The second kappa shape index (κ2) is 6.46. The van der Waals surface area contributed by atoms with Gasteiger partial charge in [0.25, 0.3) is 0 Å². The van der Waals surface area contributed by atoms with Gasteiger partial charge in [-0.3, -0.25) is 4.79 Å². The van der Waals surface area contributed by atoms with Gasteiger partial charge in [-0.05, 0) is 43.9 Å². The van der Waals surface area contributed by atoms with Crippen LogP contribution in [0.25, 0.3) is 0 Å². The Hall–Kier alpha value is -1.26. The van der Waals surface area contributed by atoms with Crippen molar-refractivity contribution >= 4 is 23.2 Å². The van der Waals surface area contributed by atoms with E-state index in [4.69, 9.17) is 22.1 Å². The summed E-state index contributed by atoms with van der Waals surface area (Å²) in [7, 11) is 1.56. The number of anilines is 1. The summed E-state index contributed by atoms with van der Waals surface area (Å²) in [5.74, 6) is 0.893. The quantitative estimate of drug-likeness (QED) is 0.898. The van der Waals surface area contributed by atoms with Crippen LogP contribution in [0.1, 0.15) is 24.8 Å². The maximum absolute atomic E-state index is 12.4. The lowest BCUT2D eigenvalue weighted by molar-refractivity contribution is -0.120. The summed E-state index contributed by atoms with van der Waals surface area (Å²) >= 11 is 6.06. The van der Waals surface area contributed by atoms with Crippen molar-refractivity contribution in [3.63, 3.8) is 0 Å². The van der Waals surface area contributed by atoms with E-state index < -0.39 is 0 Å². The molecule has 0 radical (unpaired) electrons. The average molecular weight is 297 g/mol. The molecule has 1 saturated carbocycles. The van der Waals surface area contributed by atoms with Crippen LogP contribution in [0.15, 0.2) is 12.1 Å². The lowest BCUT2D eigenvalue weighted by Crippen LogP contribution is -2.29. The largest absolute Gasteiger partial charge is 0.495 e. The second-order valence-corrected chi connectivity index (χ2v) is 5.73. The van der Waals surface area contributed by atoms with Crippen molar-refractivity contribution in [3.8, 4) is 5.75 Å². The van der Waals surface area contributed by atoms with Crippen molar-refractivity contribution in [2.75, 3.05) is 19.0 Å². The molecule has 0 aliphatic heterocycles. The molecule has 1 amide bonds. The molecule has 0 bridgehead atoms.